The molecule has 0 saturated carbocycles. The Morgan fingerprint density at radius 2 is 1.35 bits per heavy atom. The number of aliphatic carboxylic acids is 1. The first-order valence-corrected chi connectivity index (χ1v) is 8.09. The Balaban J connectivity index is -0.00000144. The Labute approximate surface area is 166 Å². The third kappa shape index (κ3) is 14.3. The fourth-order valence-corrected chi connectivity index (χ4v) is 2.58. The number of hydrogen-bond acceptors (Lipinski definition) is 3. The first-order chi connectivity index (χ1) is 8.39. The van der Waals surface area contributed by atoms with Crippen molar-refractivity contribution in [1.82, 2.24) is 0 Å². The first-order valence-electron chi connectivity index (χ1n) is 6.58. The number of carboxylic acids is 1. The molecule has 0 aromatic rings. The van der Waals surface area contributed by atoms with Crippen LogP contribution < -0.4 is 0 Å². The Kier molecular flexibility index (Phi) is 20.1. The number of hydrogen-bond donors (Lipinski definition) is 2. The fraction of sp³-hybridized carbons (Fsp3) is 0.917. The van der Waals surface area contributed by atoms with Gasteiger partial charge in [-0.1, -0.05) is 58.3 Å². The van der Waals surface area contributed by atoms with Crippen LogP contribution in [0.2, 0.25) is 0 Å². The molecule has 0 bridgehead atoms. The average molecular weight is 328 g/mol. The van der Waals surface area contributed by atoms with E-state index in [0.29, 0.717) is 6.42 Å². The second-order valence-corrected chi connectivity index (χ2v) is 6.20. The molecule has 1 unspecified atom stereocenters. The van der Waals surface area contributed by atoms with E-state index in [-0.39, 0.29) is 65.5 Å². The summed E-state index contributed by atoms with van der Waals surface area (Å²) in [5, 5.41) is 7.00. The monoisotopic (exact) mass is 328 g/mol. The summed E-state index contributed by atoms with van der Waals surface area (Å²) in [6.45, 7) is 2.15. The van der Waals surface area contributed by atoms with Crippen molar-refractivity contribution in [2.24, 2.45) is 0 Å². The average Bonchev–Trinajstić information content (AvgIpc) is 2.24. The first kappa shape index (κ1) is 26.3. The van der Waals surface area contributed by atoms with E-state index >= 15 is 0 Å². The van der Waals surface area contributed by atoms with Gasteiger partial charge in [-0.3, -0.25) is 9.35 Å². The van der Waals surface area contributed by atoms with E-state index in [4.69, 9.17) is 9.66 Å². The second kappa shape index (κ2) is 15.3. The van der Waals surface area contributed by atoms with Gasteiger partial charge in [0.1, 0.15) is 0 Å². The predicted molar refractivity (Wildman–Crippen MR) is 84.5 cm³/mol. The van der Waals surface area contributed by atoms with Crippen LogP contribution in [-0.4, -0.2) is 88.4 Å². The molecule has 0 aromatic carbocycles. The third-order valence-corrected chi connectivity index (χ3v) is 4.11. The Morgan fingerprint density at radius 1 is 0.950 bits per heavy atom. The van der Waals surface area contributed by atoms with Crippen molar-refractivity contribution in [3.63, 3.8) is 0 Å². The minimum absolute atomic E-state index is 0. The molecule has 0 saturated heterocycles. The van der Waals surface area contributed by atoms with Crippen LogP contribution in [0, 0.1) is 0 Å². The molecule has 112 valence electrons. The Hall–Kier alpha value is 1.38. The van der Waals surface area contributed by atoms with E-state index in [0.717, 1.165) is 19.3 Å². The zero-order chi connectivity index (χ0) is 14.0. The molecule has 0 radical (unpaired) electrons. The van der Waals surface area contributed by atoms with Gasteiger partial charge in [-0.25, -0.2) is 0 Å². The summed E-state index contributed by atoms with van der Waals surface area (Å²) in [4.78, 5) is 10.6. The topological polar surface area (TPSA) is 91.7 Å². The molecule has 2 N–H and O–H groups in total. The van der Waals surface area contributed by atoms with E-state index in [2.05, 4.69) is 6.92 Å². The quantitative estimate of drug-likeness (QED) is 0.341. The van der Waals surface area contributed by atoms with E-state index in [1.807, 2.05) is 0 Å². The molecular formula is C12H26Na2O5S. The number of rotatable bonds is 11. The van der Waals surface area contributed by atoms with Crippen molar-refractivity contribution in [2.75, 3.05) is 0 Å². The molecule has 0 aliphatic heterocycles. The van der Waals surface area contributed by atoms with Crippen molar-refractivity contribution in [2.45, 2.75) is 70.0 Å². The van der Waals surface area contributed by atoms with Gasteiger partial charge in [0.2, 0.25) is 0 Å². The van der Waals surface area contributed by atoms with Crippen LogP contribution in [-0.2, 0) is 14.9 Å². The predicted octanol–water partition coefficient (Wildman–Crippen LogP) is 1.56. The molecule has 8 heteroatoms. The number of carboxylic acid groups (broad SMARTS) is 1. The number of carbonyl (C=O) groups is 1. The van der Waals surface area contributed by atoms with Gasteiger partial charge in [-0.2, -0.15) is 8.42 Å². The van der Waals surface area contributed by atoms with Crippen LogP contribution >= 0.6 is 0 Å². The molecule has 0 aromatic heterocycles. The van der Waals surface area contributed by atoms with Crippen LogP contribution in [0.15, 0.2) is 0 Å². The van der Waals surface area contributed by atoms with E-state index in [9.17, 15) is 13.2 Å². The fourth-order valence-electron chi connectivity index (χ4n) is 1.86. The van der Waals surface area contributed by atoms with E-state index in [1.54, 1.807) is 0 Å². The maximum absolute atomic E-state index is 10.8. The van der Waals surface area contributed by atoms with Gasteiger partial charge in [0.05, 0.1) is 0 Å². The van der Waals surface area contributed by atoms with Crippen molar-refractivity contribution < 1.29 is 22.9 Å². The standard InChI is InChI=1S/C12H24O5S.2Na.2H/c1-2-3-4-5-6-7-8-9-10-11(12(13)14)18(15,16)17;;;;/h11H,2-10H2,1H3,(H,13,14)(H,15,16,17);;;;. The molecule has 20 heavy (non-hydrogen) atoms. The molecule has 1 atom stereocenters. The van der Waals surface area contributed by atoms with Gasteiger partial charge in [0.15, 0.2) is 5.25 Å². The van der Waals surface area contributed by atoms with Crippen LogP contribution in [0.1, 0.15) is 64.7 Å². The van der Waals surface area contributed by atoms with Crippen LogP contribution in [0.25, 0.3) is 0 Å². The van der Waals surface area contributed by atoms with Crippen molar-refractivity contribution in [3.05, 3.63) is 0 Å². The maximum atomic E-state index is 10.8. The molecule has 0 aliphatic carbocycles. The van der Waals surface area contributed by atoms with Crippen molar-refractivity contribution in [3.8, 4) is 0 Å². The van der Waals surface area contributed by atoms with E-state index < -0.39 is 21.3 Å². The molecule has 0 amide bonds. The minimum atomic E-state index is -4.47. The summed E-state index contributed by atoms with van der Waals surface area (Å²) in [5.74, 6) is -1.47. The molecule has 0 heterocycles. The summed E-state index contributed by atoms with van der Waals surface area (Å²) < 4.78 is 30.3. The number of unbranched alkanes of at least 4 members (excludes halogenated alkanes) is 7. The van der Waals surface area contributed by atoms with Gasteiger partial charge in [0, 0.05) is 0 Å². The molecular weight excluding hydrogens is 302 g/mol. The van der Waals surface area contributed by atoms with Gasteiger partial charge >= 0.3 is 65.1 Å². The van der Waals surface area contributed by atoms with Gasteiger partial charge in [0.25, 0.3) is 10.1 Å². The summed E-state index contributed by atoms with van der Waals surface area (Å²) >= 11 is 0. The van der Waals surface area contributed by atoms with Crippen LogP contribution in [0.5, 0.6) is 0 Å². The third-order valence-electron chi connectivity index (χ3n) is 2.95. The summed E-state index contributed by atoms with van der Waals surface area (Å²) in [7, 11) is -4.47. The second-order valence-electron chi connectivity index (χ2n) is 4.61. The van der Waals surface area contributed by atoms with Crippen LogP contribution in [0.3, 0.4) is 0 Å². The van der Waals surface area contributed by atoms with E-state index in [1.165, 1.54) is 25.7 Å². The molecule has 0 spiro atoms. The molecule has 0 aliphatic rings. The zero-order valence-electron chi connectivity index (χ0n) is 11.0. The molecule has 0 rings (SSSR count). The summed E-state index contributed by atoms with van der Waals surface area (Å²) in [6, 6.07) is 0. The van der Waals surface area contributed by atoms with Crippen LogP contribution in [0.4, 0.5) is 0 Å². The van der Waals surface area contributed by atoms with Crippen molar-refractivity contribution >= 4 is 75.2 Å². The SMILES string of the molecule is CCCCCCCCCCC(C(=O)O)S(=O)(=O)O.[NaH].[NaH]. The summed E-state index contributed by atoms with van der Waals surface area (Å²) in [6.07, 6.45) is 8.25. The Bertz CT molecular complexity index is 333. The van der Waals surface area contributed by atoms with Gasteiger partial charge in [-0.15, -0.1) is 0 Å². The Morgan fingerprint density at radius 3 is 1.70 bits per heavy atom. The summed E-state index contributed by atoms with van der Waals surface area (Å²) in [5.41, 5.74) is 0. The van der Waals surface area contributed by atoms with Crippen molar-refractivity contribution in [1.29, 1.82) is 0 Å². The van der Waals surface area contributed by atoms with Gasteiger partial charge < -0.3 is 5.11 Å². The molecule has 0 fully saturated rings. The normalized spacial score (nSPS) is 12.1. The molecule has 5 nitrogen and oxygen atoms in total. The zero-order valence-corrected chi connectivity index (χ0v) is 11.8. The van der Waals surface area contributed by atoms with Gasteiger partial charge in [-0.05, 0) is 6.42 Å².